The van der Waals surface area contributed by atoms with E-state index in [4.69, 9.17) is 47.4 Å². The molecule has 0 radical (unpaired) electrons. The first-order valence-electron chi connectivity index (χ1n) is 12.3. The first-order valence-corrected chi connectivity index (χ1v) is 12.3. The van der Waals surface area contributed by atoms with E-state index >= 15 is 0 Å². The van der Waals surface area contributed by atoms with Crippen LogP contribution in [0.1, 0.15) is 25.0 Å². The van der Waals surface area contributed by atoms with Gasteiger partial charge in [0, 0.05) is 14.2 Å². The highest BCUT2D eigenvalue weighted by Gasteiger charge is 2.16. The molecule has 0 spiro atoms. The number of carbonyl (C=O) groups excluding carboxylic acids is 1. The predicted octanol–water partition coefficient (Wildman–Crippen LogP) is 4.71. The summed E-state index contributed by atoms with van der Waals surface area (Å²) in [6.45, 7) is 3.36. The average molecular weight is 563 g/mol. The summed E-state index contributed by atoms with van der Waals surface area (Å²) in [5.74, 6) is 2.15. The molecule has 0 amide bonds. The van der Waals surface area contributed by atoms with Crippen molar-refractivity contribution in [3.05, 3.63) is 47.5 Å². The summed E-state index contributed by atoms with van der Waals surface area (Å²) in [6.07, 6.45) is 5.27. The summed E-state index contributed by atoms with van der Waals surface area (Å²) in [5.41, 5.74) is 1.34. The second-order valence-corrected chi connectivity index (χ2v) is 8.04. The van der Waals surface area contributed by atoms with Crippen LogP contribution in [0.5, 0.6) is 34.5 Å². The minimum atomic E-state index is -0.434. The molecule has 2 rings (SSSR count). The molecule has 0 heterocycles. The molecule has 0 aliphatic rings. The molecule has 0 N–H and O–H groups in total. The second-order valence-electron chi connectivity index (χ2n) is 8.04. The van der Waals surface area contributed by atoms with E-state index in [9.17, 15) is 4.79 Å². The van der Waals surface area contributed by atoms with E-state index in [0.29, 0.717) is 45.6 Å². The molecule has 40 heavy (non-hydrogen) atoms. The Morgan fingerprint density at radius 1 is 0.625 bits per heavy atom. The van der Waals surface area contributed by atoms with Crippen molar-refractivity contribution in [1.29, 1.82) is 0 Å². The molecular weight excluding hydrogens is 524 g/mol. The van der Waals surface area contributed by atoms with Crippen LogP contribution in [0.15, 0.2) is 36.4 Å². The van der Waals surface area contributed by atoms with Crippen molar-refractivity contribution in [2.45, 2.75) is 26.4 Å². The SMILES string of the molecule is COc1cc(/C=C/C(=O)/C=C/c2cc(OC)c(OCOC(C)OC)c(OC)c2)cc(OC)c1OCOC(C)OC. The lowest BCUT2D eigenvalue weighted by molar-refractivity contribution is -0.150. The fourth-order valence-corrected chi connectivity index (χ4v) is 3.20. The van der Waals surface area contributed by atoms with E-state index in [2.05, 4.69) is 0 Å². The average Bonchev–Trinajstić information content (AvgIpc) is 2.98. The highest BCUT2D eigenvalue weighted by molar-refractivity contribution is 6.04. The summed E-state index contributed by atoms with van der Waals surface area (Å²) < 4.78 is 54.0. The summed E-state index contributed by atoms with van der Waals surface area (Å²) in [5, 5.41) is 0. The lowest BCUT2D eigenvalue weighted by Crippen LogP contribution is -2.15. The number of ketones is 1. The Hall–Kier alpha value is -3.77. The maximum Gasteiger partial charge on any atom is 0.206 e. The van der Waals surface area contributed by atoms with Crippen molar-refractivity contribution < 1.29 is 52.2 Å². The Morgan fingerprint density at radius 3 is 1.23 bits per heavy atom. The molecule has 11 nitrogen and oxygen atoms in total. The van der Waals surface area contributed by atoms with Gasteiger partial charge in [-0.15, -0.1) is 0 Å². The first-order chi connectivity index (χ1) is 19.3. The van der Waals surface area contributed by atoms with Gasteiger partial charge in [0.05, 0.1) is 28.4 Å². The standard InChI is InChI=1S/C29H38O11/c1-19(31-3)37-17-39-28-24(33-5)13-21(14-25(28)34-6)9-11-23(30)12-10-22-15-26(35-7)29(27(16-22)36-8)40-18-38-20(2)32-4/h9-16,19-20H,17-18H2,1-8H3/b11-9+,12-10+. The lowest BCUT2D eigenvalue weighted by Gasteiger charge is -2.17. The fourth-order valence-electron chi connectivity index (χ4n) is 3.20. The van der Waals surface area contributed by atoms with Gasteiger partial charge < -0.3 is 47.4 Å². The van der Waals surface area contributed by atoms with Gasteiger partial charge in [-0.05, 0) is 61.4 Å². The molecule has 0 saturated carbocycles. The van der Waals surface area contributed by atoms with E-state index in [1.54, 1.807) is 50.3 Å². The van der Waals surface area contributed by atoms with Gasteiger partial charge in [0.15, 0.2) is 54.9 Å². The first kappa shape index (κ1) is 32.4. The van der Waals surface area contributed by atoms with E-state index in [0.717, 1.165) is 0 Å². The molecule has 2 unspecified atom stereocenters. The highest BCUT2D eigenvalue weighted by Crippen LogP contribution is 2.40. The van der Waals surface area contributed by atoms with Crippen molar-refractivity contribution in [2.24, 2.45) is 0 Å². The van der Waals surface area contributed by atoms with Crippen LogP contribution in [0.2, 0.25) is 0 Å². The molecule has 0 bridgehead atoms. The van der Waals surface area contributed by atoms with Gasteiger partial charge in [0.25, 0.3) is 0 Å². The van der Waals surface area contributed by atoms with Crippen LogP contribution in [0, 0.1) is 0 Å². The third-order valence-corrected chi connectivity index (χ3v) is 5.52. The van der Waals surface area contributed by atoms with Gasteiger partial charge in [0.2, 0.25) is 11.5 Å². The zero-order valence-corrected chi connectivity index (χ0v) is 24.2. The zero-order chi connectivity index (χ0) is 29.5. The van der Waals surface area contributed by atoms with Crippen LogP contribution >= 0.6 is 0 Å². The number of hydrogen-bond acceptors (Lipinski definition) is 11. The number of carbonyl (C=O) groups is 1. The normalized spacial score (nSPS) is 12.8. The summed E-state index contributed by atoms with van der Waals surface area (Å²) in [7, 11) is 9.10. The largest absolute Gasteiger partial charge is 0.493 e. The third kappa shape index (κ3) is 9.76. The monoisotopic (exact) mass is 562 g/mol. The number of methoxy groups -OCH3 is 6. The summed E-state index contributed by atoms with van der Waals surface area (Å²) in [4.78, 5) is 12.6. The molecule has 0 saturated heterocycles. The molecule has 0 fully saturated rings. The summed E-state index contributed by atoms with van der Waals surface area (Å²) in [6, 6.07) is 6.88. The van der Waals surface area contributed by atoms with Crippen molar-refractivity contribution in [3.63, 3.8) is 0 Å². The van der Waals surface area contributed by atoms with Crippen molar-refractivity contribution in [2.75, 3.05) is 56.2 Å². The van der Waals surface area contributed by atoms with Gasteiger partial charge in [-0.3, -0.25) is 4.79 Å². The Labute approximate surface area is 235 Å². The molecular formula is C29H38O11. The minimum Gasteiger partial charge on any atom is -0.493 e. The van der Waals surface area contributed by atoms with Crippen LogP contribution in [-0.4, -0.2) is 74.6 Å². The number of ether oxygens (including phenoxy) is 10. The van der Waals surface area contributed by atoms with Gasteiger partial charge >= 0.3 is 0 Å². The van der Waals surface area contributed by atoms with Crippen LogP contribution in [0.4, 0.5) is 0 Å². The van der Waals surface area contributed by atoms with Crippen LogP contribution in [-0.2, 0) is 23.7 Å². The molecule has 2 atom stereocenters. The molecule has 2 aromatic carbocycles. The van der Waals surface area contributed by atoms with E-state index in [1.165, 1.54) is 54.8 Å². The molecule has 0 aromatic heterocycles. The topological polar surface area (TPSA) is 109 Å². The maximum atomic E-state index is 12.6. The molecule has 2 aromatic rings. The van der Waals surface area contributed by atoms with E-state index < -0.39 is 12.6 Å². The van der Waals surface area contributed by atoms with Crippen LogP contribution in [0.3, 0.4) is 0 Å². The number of rotatable bonds is 18. The number of benzene rings is 2. The van der Waals surface area contributed by atoms with Crippen molar-refractivity contribution in [3.8, 4) is 34.5 Å². The molecule has 0 aliphatic carbocycles. The zero-order valence-electron chi connectivity index (χ0n) is 24.2. The van der Waals surface area contributed by atoms with Gasteiger partial charge in [-0.1, -0.05) is 12.2 Å². The van der Waals surface area contributed by atoms with Gasteiger partial charge in [-0.25, -0.2) is 0 Å². The Bertz CT molecular complexity index is 1010. The maximum absolute atomic E-state index is 12.6. The van der Waals surface area contributed by atoms with E-state index in [-0.39, 0.29) is 19.4 Å². The number of allylic oxidation sites excluding steroid dienone is 2. The summed E-state index contributed by atoms with van der Waals surface area (Å²) >= 11 is 0. The van der Waals surface area contributed by atoms with Crippen molar-refractivity contribution >= 4 is 17.9 Å². The molecule has 11 heteroatoms. The van der Waals surface area contributed by atoms with Crippen LogP contribution in [0.25, 0.3) is 12.2 Å². The van der Waals surface area contributed by atoms with Gasteiger partial charge in [-0.2, -0.15) is 0 Å². The fraction of sp³-hybridized carbons (Fsp3) is 0.414. The Kier molecular flexibility index (Phi) is 13.8. The van der Waals surface area contributed by atoms with E-state index in [1.807, 2.05) is 0 Å². The van der Waals surface area contributed by atoms with Crippen LogP contribution < -0.4 is 28.4 Å². The van der Waals surface area contributed by atoms with Crippen molar-refractivity contribution in [1.82, 2.24) is 0 Å². The quantitative estimate of drug-likeness (QED) is 0.186. The van der Waals surface area contributed by atoms with Gasteiger partial charge in [0.1, 0.15) is 0 Å². The highest BCUT2D eigenvalue weighted by atomic mass is 16.8. The Morgan fingerprint density at radius 2 is 0.950 bits per heavy atom. The Balaban J connectivity index is 2.16. The third-order valence-electron chi connectivity index (χ3n) is 5.52. The smallest absolute Gasteiger partial charge is 0.206 e. The minimum absolute atomic E-state index is 0.0658. The molecule has 220 valence electrons. The lowest BCUT2D eigenvalue weighted by atomic mass is 10.1. The second kappa shape index (κ2) is 17.0. The molecule has 0 aliphatic heterocycles. The predicted molar refractivity (Wildman–Crippen MR) is 148 cm³/mol. The number of hydrogen-bond donors (Lipinski definition) is 0.